The minimum absolute atomic E-state index is 0.339. The molecule has 1 unspecified atom stereocenters. The predicted molar refractivity (Wildman–Crippen MR) is 127 cm³/mol. The Hall–Kier alpha value is 0.420. The molecule has 0 aliphatic heterocycles. The molecule has 0 heterocycles. The maximum Gasteiger partial charge on any atom is 0.466 e. The molecule has 7 heteroatoms. The van der Waals surface area contributed by atoms with Gasteiger partial charge in [-0.1, -0.05) is 110 Å². The van der Waals surface area contributed by atoms with Gasteiger partial charge >= 0.3 is 7.82 Å². The van der Waals surface area contributed by atoms with E-state index in [4.69, 9.17) is 24.4 Å². The third kappa shape index (κ3) is 39.5. The number of unbranched alkanes of at least 4 members (excludes halogenated alkanes) is 15. The Morgan fingerprint density at radius 2 is 1.00 bits per heavy atom. The smallest absolute Gasteiger partial charge is 0.396 e. The fourth-order valence-corrected chi connectivity index (χ4v) is 4.17. The maximum absolute atomic E-state index is 8.96. The van der Waals surface area contributed by atoms with Crippen molar-refractivity contribution >= 4 is 19.6 Å². The van der Waals surface area contributed by atoms with E-state index in [1.54, 1.807) is 0 Å². The van der Waals surface area contributed by atoms with Crippen molar-refractivity contribution in [2.24, 2.45) is 5.92 Å². The van der Waals surface area contributed by atoms with Crippen LogP contribution in [0.2, 0.25) is 0 Å². The molecule has 0 aromatic rings. The highest BCUT2D eigenvalue weighted by Crippen LogP contribution is 2.25. The normalized spacial score (nSPS) is 12.5. The average Bonchev–Trinajstić information content (AvgIpc) is 2.65. The molecule has 0 saturated carbocycles. The van der Waals surface area contributed by atoms with E-state index in [2.05, 4.69) is 13.8 Å². The number of hydrogen-bond donors (Lipinski definition) is 4. The van der Waals surface area contributed by atoms with E-state index in [0.29, 0.717) is 12.5 Å². The van der Waals surface area contributed by atoms with Crippen molar-refractivity contribution in [3.63, 3.8) is 0 Å². The van der Waals surface area contributed by atoms with Crippen molar-refractivity contribution in [2.75, 3.05) is 18.1 Å². The Balaban J connectivity index is 0. The Labute approximate surface area is 184 Å². The van der Waals surface area contributed by atoms with Crippen molar-refractivity contribution in [3.8, 4) is 0 Å². The molecular formula is C22H49O5PS. The van der Waals surface area contributed by atoms with Gasteiger partial charge in [-0.3, -0.25) is 0 Å². The molecule has 0 rings (SSSR count). The van der Waals surface area contributed by atoms with Crippen molar-refractivity contribution < 1.29 is 24.4 Å². The maximum atomic E-state index is 8.96. The molecule has 0 fully saturated rings. The molecule has 178 valence electrons. The van der Waals surface area contributed by atoms with Crippen LogP contribution in [-0.4, -0.2) is 37.9 Å². The number of thioether (sulfide) groups is 1. The van der Waals surface area contributed by atoms with E-state index in [1.807, 2.05) is 11.8 Å². The molecule has 0 bridgehead atoms. The Morgan fingerprint density at radius 3 is 1.31 bits per heavy atom. The van der Waals surface area contributed by atoms with Gasteiger partial charge in [0.05, 0.1) is 0 Å². The fraction of sp³-hybridized carbons (Fsp3) is 1.00. The van der Waals surface area contributed by atoms with Crippen molar-refractivity contribution in [1.82, 2.24) is 0 Å². The van der Waals surface area contributed by atoms with Crippen LogP contribution in [0.1, 0.15) is 117 Å². The molecular weight excluding hydrogens is 407 g/mol. The topological polar surface area (TPSA) is 98.0 Å². The molecule has 0 saturated heterocycles. The SMILES string of the molecule is CCCCCCCCCCCCCCCCCCSCC(C)CO.O=P(O)(O)O. The lowest BCUT2D eigenvalue weighted by molar-refractivity contribution is 0.250. The summed E-state index contributed by atoms with van der Waals surface area (Å²) in [5.41, 5.74) is 0. The van der Waals surface area contributed by atoms with E-state index in [-0.39, 0.29) is 0 Å². The third-order valence-corrected chi connectivity index (χ3v) is 6.24. The first-order chi connectivity index (χ1) is 13.8. The van der Waals surface area contributed by atoms with Gasteiger partial charge in [-0.05, 0) is 23.8 Å². The van der Waals surface area contributed by atoms with Crippen LogP contribution in [0.15, 0.2) is 0 Å². The molecule has 0 aromatic heterocycles. The highest BCUT2D eigenvalue weighted by atomic mass is 32.2. The lowest BCUT2D eigenvalue weighted by Crippen LogP contribution is -2.03. The minimum atomic E-state index is -4.64. The van der Waals surface area contributed by atoms with Gasteiger partial charge in [0.25, 0.3) is 0 Å². The quantitative estimate of drug-likeness (QED) is 0.120. The third-order valence-electron chi connectivity index (χ3n) is 4.86. The van der Waals surface area contributed by atoms with Gasteiger partial charge in [-0.25, -0.2) is 4.57 Å². The lowest BCUT2D eigenvalue weighted by atomic mass is 10.0. The van der Waals surface area contributed by atoms with Gasteiger partial charge in [0.15, 0.2) is 0 Å². The zero-order valence-corrected chi connectivity index (χ0v) is 20.8. The van der Waals surface area contributed by atoms with Crippen LogP contribution in [0.4, 0.5) is 0 Å². The van der Waals surface area contributed by atoms with Crippen LogP contribution >= 0.6 is 19.6 Å². The standard InChI is InChI=1S/C22H46OS.H3O4P/c1-3-4-5-6-7-8-9-10-11-12-13-14-15-16-17-18-19-24-21-22(2)20-23;1-5(2,3)4/h22-23H,3-21H2,1-2H3;(H3,1,2,3,4). The number of rotatable bonds is 20. The van der Waals surface area contributed by atoms with E-state index in [0.717, 1.165) is 5.75 Å². The van der Waals surface area contributed by atoms with Gasteiger partial charge < -0.3 is 19.8 Å². The van der Waals surface area contributed by atoms with Gasteiger partial charge in [0.1, 0.15) is 0 Å². The molecule has 0 spiro atoms. The van der Waals surface area contributed by atoms with Crippen LogP contribution in [0.3, 0.4) is 0 Å². The summed E-state index contributed by atoms with van der Waals surface area (Å²) in [5.74, 6) is 2.87. The summed E-state index contributed by atoms with van der Waals surface area (Å²) in [4.78, 5) is 21.6. The highest BCUT2D eigenvalue weighted by molar-refractivity contribution is 7.99. The first-order valence-corrected chi connectivity index (χ1v) is 14.5. The van der Waals surface area contributed by atoms with Crippen LogP contribution in [0, 0.1) is 5.92 Å². The number of phosphoric acid groups is 1. The molecule has 1 atom stereocenters. The van der Waals surface area contributed by atoms with Crippen molar-refractivity contribution in [1.29, 1.82) is 0 Å². The first kappa shape index (κ1) is 31.6. The molecule has 0 amide bonds. The molecule has 4 N–H and O–H groups in total. The number of aliphatic hydroxyl groups is 1. The lowest BCUT2D eigenvalue weighted by Gasteiger charge is -2.07. The Morgan fingerprint density at radius 1 is 0.690 bits per heavy atom. The van der Waals surface area contributed by atoms with Crippen LogP contribution in [0.5, 0.6) is 0 Å². The summed E-state index contributed by atoms with van der Waals surface area (Å²) in [5, 5.41) is 8.96. The highest BCUT2D eigenvalue weighted by Gasteiger charge is 2.00. The van der Waals surface area contributed by atoms with Crippen LogP contribution in [0.25, 0.3) is 0 Å². The zero-order chi connectivity index (χ0) is 22.2. The van der Waals surface area contributed by atoms with Crippen LogP contribution in [-0.2, 0) is 4.57 Å². The van der Waals surface area contributed by atoms with Gasteiger partial charge in [0.2, 0.25) is 0 Å². The summed E-state index contributed by atoms with van der Waals surface area (Å²) in [6, 6.07) is 0. The molecule has 0 aromatic carbocycles. The van der Waals surface area contributed by atoms with E-state index in [1.165, 1.54) is 108 Å². The van der Waals surface area contributed by atoms with Gasteiger partial charge in [-0.15, -0.1) is 0 Å². The summed E-state index contributed by atoms with van der Waals surface area (Å²) < 4.78 is 8.88. The van der Waals surface area contributed by atoms with Gasteiger partial charge in [0, 0.05) is 6.61 Å². The largest absolute Gasteiger partial charge is 0.466 e. The first-order valence-electron chi connectivity index (χ1n) is 11.8. The summed E-state index contributed by atoms with van der Waals surface area (Å²) in [7, 11) is -4.64. The minimum Gasteiger partial charge on any atom is -0.396 e. The Bertz CT molecular complexity index is 344. The van der Waals surface area contributed by atoms with Crippen molar-refractivity contribution in [2.45, 2.75) is 117 Å². The fourth-order valence-electron chi connectivity index (χ4n) is 3.09. The summed E-state index contributed by atoms with van der Waals surface area (Å²) >= 11 is 2.01. The molecule has 29 heavy (non-hydrogen) atoms. The second kappa shape index (κ2) is 24.7. The molecule has 0 aliphatic carbocycles. The van der Waals surface area contributed by atoms with E-state index < -0.39 is 7.82 Å². The van der Waals surface area contributed by atoms with Crippen LogP contribution < -0.4 is 0 Å². The Kier molecular flexibility index (Phi) is 26.9. The molecule has 0 radical (unpaired) electrons. The van der Waals surface area contributed by atoms with E-state index >= 15 is 0 Å². The second-order valence-electron chi connectivity index (χ2n) is 8.18. The number of aliphatic hydroxyl groups excluding tert-OH is 1. The zero-order valence-electron chi connectivity index (χ0n) is 19.1. The molecule has 5 nitrogen and oxygen atoms in total. The van der Waals surface area contributed by atoms with Crippen molar-refractivity contribution in [3.05, 3.63) is 0 Å². The molecule has 0 aliphatic rings. The summed E-state index contributed by atoms with van der Waals surface area (Å²) in [6.45, 7) is 4.76. The monoisotopic (exact) mass is 456 g/mol. The predicted octanol–water partition coefficient (Wildman–Crippen LogP) is 6.68. The number of hydrogen-bond acceptors (Lipinski definition) is 3. The second-order valence-corrected chi connectivity index (χ2v) is 10.4. The van der Waals surface area contributed by atoms with E-state index in [9.17, 15) is 0 Å². The van der Waals surface area contributed by atoms with Gasteiger partial charge in [-0.2, -0.15) is 11.8 Å². The summed E-state index contributed by atoms with van der Waals surface area (Å²) in [6.07, 6.45) is 23.1. The average molecular weight is 457 g/mol.